The second-order valence-corrected chi connectivity index (χ2v) is 7.12. The van der Waals surface area contributed by atoms with Gasteiger partial charge in [0.2, 0.25) is 5.78 Å². The summed E-state index contributed by atoms with van der Waals surface area (Å²) in [5, 5.41) is 0. The molecule has 5 heteroatoms. The number of carbonyl (C=O) groups is 2. The predicted molar refractivity (Wildman–Crippen MR) is 86.7 cm³/mol. The molecular weight excluding hydrogens is 346 g/mol. The molecule has 3 rings (SSSR count). The molecule has 0 N–H and O–H groups in total. The van der Waals surface area contributed by atoms with Gasteiger partial charge in [-0.05, 0) is 50.9 Å². The quantitative estimate of drug-likeness (QED) is 0.594. The van der Waals surface area contributed by atoms with Gasteiger partial charge in [-0.2, -0.15) is 0 Å². The number of likely N-dealkylation sites (tertiary alicyclic amines) is 1. The van der Waals surface area contributed by atoms with E-state index in [9.17, 15) is 9.59 Å². The average Bonchev–Trinajstić information content (AvgIpc) is 3.18. The van der Waals surface area contributed by atoms with Crippen LogP contribution in [0.3, 0.4) is 0 Å². The van der Waals surface area contributed by atoms with E-state index in [0.717, 1.165) is 23.9 Å². The molecule has 1 saturated heterocycles. The maximum Gasteiger partial charge on any atom is 0.327 e. The van der Waals surface area contributed by atoms with Crippen molar-refractivity contribution in [3.63, 3.8) is 0 Å². The number of halogens is 1. The van der Waals surface area contributed by atoms with Gasteiger partial charge in [0.05, 0.1) is 0 Å². The monoisotopic (exact) mass is 365 g/mol. The van der Waals surface area contributed by atoms with Crippen molar-refractivity contribution in [1.29, 1.82) is 0 Å². The molecule has 0 spiro atoms. The van der Waals surface area contributed by atoms with Gasteiger partial charge in [0.1, 0.15) is 5.54 Å². The first-order valence-electron chi connectivity index (χ1n) is 7.71. The fourth-order valence-electron chi connectivity index (χ4n) is 3.43. The highest BCUT2D eigenvalue weighted by Gasteiger charge is 2.67. The minimum Gasteiger partial charge on any atom is -0.453 e. The van der Waals surface area contributed by atoms with E-state index in [2.05, 4.69) is 20.8 Å². The zero-order valence-corrected chi connectivity index (χ0v) is 14.4. The van der Waals surface area contributed by atoms with Crippen molar-refractivity contribution in [2.45, 2.75) is 37.8 Å². The Balaban J connectivity index is 1.71. The number of rotatable bonds is 5. The Morgan fingerprint density at radius 2 is 2.09 bits per heavy atom. The number of benzene rings is 1. The number of hydrogen-bond acceptors (Lipinski definition) is 4. The molecule has 22 heavy (non-hydrogen) atoms. The number of fused-ring (bicyclic) bond motifs is 1. The molecule has 1 aliphatic carbocycles. The summed E-state index contributed by atoms with van der Waals surface area (Å²) in [6.07, 6.45) is 1.71. The topological polar surface area (TPSA) is 46.6 Å². The van der Waals surface area contributed by atoms with Gasteiger partial charge in [0.15, 0.2) is 6.10 Å². The van der Waals surface area contributed by atoms with Crippen LogP contribution >= 0.6 is 15.9 Å². The van der Waals surface area contributed by atoms with E-state index in [1.165, 1.54) is 0 Å². The van der Waals surface area contributed by atoms with Crippen LogP contribution in [0, 0.1) is 5.92 Å². The minimum absolute atomic E-state index is 0.127. The summed E-state index contributed by atoms with van der Waals surface area (Å²) in [6, 6.07) is 7.15. The van der Waals surface area contributed by atoms with Crippen LogP contribution in [0.15, 0.2) is 28.7 Å². The van der Waals surface area contributed by atoms with Crippen molar-refractivity contribution in [1.82, 2.24) is 4.90 Å². The largest absolute Gasteiger partial charge is 0.453 e. The fourth-order valence-corrected chi connectivity index (χ4v) is 3.70. The molecule has 0 radical (unpaired) electrons. The second-order valence-electron chi connectivity index (χ2n) is 6.21. The van der Waals surface area contributed by atoms with Crippen molar-refractivity contribution >= 4 is 27.7 Å². The van der Waals surface area contributed by atoms with Crippen LogP contribution in [0.2, 0.25) is 0 Å². The molecule has 118 valence electrons. The van der Waals surface area contributed by atoms with Crippen LogP contribution in [0.5, 0.6) is 0 Å². The zero-order valence-electron chi connectivity index (χ0n) is 12.8. The number of ether oxygens (including phenoxy) is 1. The van der Waals surface area contributed by atoms with E-state index in [1.807, 2.05) is 26.1 Å². The van der Waals surface area contributed by atoms with Gasteiger partial charge in [0, 0.05) is 10.0 Å². The average molecular weight is 366 g/mol. The SMILES string of the molecule is CCC(OC(=O)C12CC1CCN2C)C(=O)c1ccc(Br)cc1. The molecule has 3 unspecified atom stereocenters. The van der Waals surface area contributed by atoms with E-state index >= 15 is 0 Å². The molecule has 2 fully saturated rings. The highest BCUT2D eigenvalue weighted by atomic mass is 79.9. The number of likely N-dealkylation sites (N-methyl/N-ethyl adjacent to an activating group) is 1. The number of Topliss-reactive ketones (excluding diaryl/α,β-unsaturated/α-hetero) is 1. The number of esters is 1. The third kappa shape index (κ3) is 2.50. The summed E-state index contributed by atoms with van der Waals surface area (Å²) in [4.78, 5) is 27.2. The van der Waals surface area contributed by atoms with Crippen LogP contribution in [-0.4, -0.2) is 41.9 Å². The lowest BCUT2D eigenvalue weighted by atomic mass is 10.0. The molecule has 1 aliphatic heterocycles. The normalized spacial score (nSPS) is 28.0. The van der Waals surface area contributed by atoms with E-state index in [4.69, 9.17) is 4.74 Å². The molecule has 0 amide bonds. The summed E-state index contributed by atoms with van der Waals surface area (Å²) in [5.41, 5.74) is 0.125. The third-order valence-corrected chi connectivity index (χ3v) is 5.49. The predicted octanol–water partition coefficient (Wildman–Crippen LogP) is 3.05. The molecule has 1 aromatic carbocycles. The Kier molecular flexibility index (Phi) is 4.12. The molecule has 0 bridgehead atoms. The highest BCUT2D eigenvalue weighted by Crippen LogP contribution is 2.55. The zero-order chi connectivity index (χ0) is 15.9. The molecule has 3 atom stereocenters. The van der Waals surface area contributed by atoms with Crippen molar-refractivity contribution in [3.8, 4) is 0 Å². The number of hydrogen-bond donors (Lipinski definition) is 0. The van der Waals surface area contributed by atoms with Crippen molar-refractivity contribution in [3.05, 3.63) is 34.3 Å². The van der Waals surface area contributed by atoms with Gasteiger partial charge < -0.3 is 4.74 Å². The smallest absolute Gasteiger partial charge is 0.327 e. The van der Waals surface area contributed by atoms with Gasteiger partial charge in [-0.3, -0.25) is 14.5 Å². The maximum atomic E-state index is 12.6. The first-order chi connectivity index (χ1) is 10.5. The van der Waals surface area contributed by atoms with Crippen LogP contribution in [-0.2, 0) is 9.53 Å². The van der Waals surface area contributed by atoms with Gasteiger partial charge in [0.25, 0.3) is 0 Å². The summed E-state index contributed by atoms with van der Waals surface area (Å²) >= 11 is 3.35. The standard InChI is InChI=1S/C17H20BrNO3/c1-3-14(15(20)11-4-6-13(18)7-5-11)22-16(21)17-10-12(17)8-9-19(17)2/h4-7,12,14H,3,8-10H2,1-2H3. The molecule has 1 aromatic rings. The van der Waals surface area contributed by atoms with Crippen LogP contribution < -0.4 is 0 Å². The molecule has 1 saturated carbocycles. The van der Waals surface area contributed by atoms with E-state index in [1.54, 1.807) is 12.1 Å². The lowest BCUT2D eigenvalue weighted by Gasteiger charge is -2.24. The first kappa shape index (κ1) is 15.7. The summed E-state index contributed by atoms with van der Waals surface area (Å²) in [5.74, 6) is 0.0534. The Labute approximate surface area is 138 Å². The Hall–Kier alpha value is -1.20. The van der Waals surface area contributed by atoms with E-state index < -0.39 is 11.6 Å². The summed E-state index contributed by atoms with van der Waals surface area (Å²) in [7, 11) is 1.96. The number of carbonyl (C=O) groups excluding carboxylic acids is 2. The van der Waals surface area contributed by atoms with Crippen molar-refractivity contribution in [2.75, 3.05) is 13.6 Å². The first-order valence-corrected chi connectivity index (χ1v) is 8.50. The van der Waals surface area contributed by atoms with Gasteiger partial charge in [-0.1, -0.05) is 35.0 Å². The summed E-state index contributed by atoms with van der Waals surface area (Å²) < 4.78 is 6.52. The highest BCUT2D eigenvalue weighted by molar-refractivity contribution is 9.10. The molecule has 4 nitrogen and oxygen atoms in total. The third-order valence-electron chi connectivity index (χ3n) is 4.96. The molecule has 2 aliphatic rings. The molecule has 1 heterocycles. The van der Waals surface area contributed by atoms with E-state index in [0.29, 0.717) is 17.9 Å². The van der Waals surface area contributed by atoms with Crippen molar-refractivity contribution < 1.29 is 14.3 Å². The second kappa shape index (κ2) is 5.78. The Morgan fingerprint density at radius 1 is 1.41 bits per heavy atom. The fraction of sp³-hybridized carbons (Fsp3) is 0.529. The summed E-state index contributed by atoms with van der Waals surface area (Å²) in [6.45, 7) is 2.80. The van der Waals surface area contributed by atoms with Gasteiger partial charge in [-0.15, -0.1) is 0 Å². The lowest BCUT2D eigenvalue weighted by molar-refractivity contribution is -0.154. The maximum absolute atomic E-state index is 12.6. The van der Waals surface area contributed by atoms with Crippen molar-refractivity contribution in [2.24, 2.45) is 5.92 Å². The molecule has 0 aromatic heterocycles. The van der Waals surface area contributed by atoms with Crippen LogP contribution in [0.1, 0.15) is 36.5 Å². The number of ketones is 1. The minimum atomic E-state index is -0.696. The van der Waals surface area contributed by atoms with Crippen LogP contribution in [0.4, 0.5) is 0 Å². The Morgan fingerprint density at radius 3 is 2.59 bits per heavy atom. The number of nitrogens with zero attached hydrogens (tertiary/aromatic N) is 1. The van der Waals surface area contributed by atoms with Gasteiger partial charge in [-0.25, -0.2) is 0 Å². The number of piperidine rings is 1. The van der Waals surface area contributed by atoms with Crippen LogP contribution in [0.25, 0.3) is 0 Å². The Bertz CT molecular complexity index is 600. The van der Waals surface area contributed by atoms with E-state index in [-0.39, 0.29) is 11.8 Å². The lowest BCUT2D eigenvalue weighted by Crippen LogP contribution is -2.42. The molecular formula is C17H20BrNO3. The van der Waals surface area contributed by atoms with Gasteiger partial charge >= 0.3 is 5.97 Å².